The first kappa shape index (κ1) is 10.6. The average Bonchev–Trinajstić information content (AvgIpc) is 2.83. The third kappa shape index (κ3) is 1.65. The van der Waals surface area contributed by atoms with E-state index in [0.29, 0.717) is 5.92 Å². The highest BCUT2D eigenvalue weighted by Crippen LogP contribution is 2.55. The molecular weight excluding hydrogens is 311 g/mol. The summed E-state index contributed by atoms with van der Waals surface area (Å²) in [7, 11) is 0. The minimum Gasteiger partial charge on any atom is -0.207 e. The molecule has 1 aromatic rings. The Morgan fingerprint density at radius 1 is 1.57 bits per heavy atom. The Morgan fingerprint density at radius 3 is 2.86 bits per heavy atom. The first-order valence-electron chi connectivity index (χ1n) is 4.59. The molecule has 2 rings (SSSR count). The van der Waals surface area contributed by atoms with E-state index in [9.17, 15) is 4.39 Å². The highest BCUT2D eigenvalue weighted by Gasteiger charge is 2.51. The molecular formula is C11H11Br2F. The van der Waals surface area contributed by atoms with E-state index in [2.05, 4.69) is 38.8 Å². The largest absolute Gasteiger partial charge is 0.207 e. The molecule has 0 aromatic heterocycles. The van der Waals surface area contributed by atoms with Gasteiger partial charge < -0.3 is 0 Å². The standard InChI is InChI=1S/C11H11Br2F/c1-11(5-7(11)6-12)9-4-8(13)2-3-10(9)14/h2-4,7H,5-6H2,1H3. The second-order valence-corrected chi connectivity index (χ2v) is 5.66. The molecule has 1 aromatic carbocycles. The van der Waals surface area contributed by atoms with Crippen LogP contribution in [0.15, 0.2) is 22.7 Å². The average molecular weight is 322 g/mol. The molecule has 0 N–H and O–H groups in total. The minimum atomic E-state index is -0.0841. The van der Waals surface area contributed by atoms with Crippen LogP contribution in [0.3, 0.4) is 0 Å². The summed E-state index contributed by atoms with van der Waals surface area (Å²) in [6.45, 7) is 2.13. The van der Waals surface area contributed by atoms with Gasteiger partial charge in [0.05, 0.1) is 0 Å². The first-order valence-corrected chi connectivity index (χ1v) is 6.51. The number of rotatable bonds is 2. The van der Waals surface area contributed by atoms with Gasteiger partial charge in [-0.3, -0.25) is 0 Å². The van der Waals surface area contributed by atoms with Crippen LogP contribution in [0.1, 0.15) is 18.9 Å². The number of benzene rings is 1. The number of alkyl halides is 1. The van der Waals surface area contributed by atoms with Crippen molar-refractivity contribution < 1.29 is 4.39 Å². The van der Waals surface area contributed by atoms with Crippen molar-refractivity contribution in [3.05, 3.63) is 34.1 Å². The first-order chi connectivity index (χ1) is 6.58. The SMILES string of the molecule is CC1(c2cc(Br)ccc2F)CC1CBr. The number of halogens is 3. The van der Waals surface area contributed by atoms with Crippen molar-refractivity contribution in [1.82, 2.24) is 0 Å². The molecule has 0 saturated heterocycles. The van der Waals surface area contributed by atoms with Gasteiger partial charge in [-0.05, 0) is 41.5 Å². The zero-order valence-corrected chi connectivity index (χ0v) is 11.0. The Labute approximate surface area is 100 Å². The van der Waals surface area contributed by atoms with E-state index in [1.54, 1.807) is 6.07 Å². The molecule has 0 radical (unpaired) electrons. The summed E-state index contributed by atoms with van der Waals surface area (Å²) < 4.78 is 14.5. The second kappa shape index (κ2) is 3.60. The molecule has 2 unspecified atom stereocenters. The monoisotopic (exact) mass is 320 g/mol. The molecule has 0 spiro atoms. The topological polar surface area (TPSA) is 0 Å². The summed E-state index contributed by atoms with van der Waals surface area (Å²) >= 11 is 6.84. The van der Waals surface area contributed by atoms with Gasteiger partial charge in [-0.25, -0.2) is 4.39 Å². The van der Waals surface area contributed by atoms with Crippen molar-refractivity contribution in [2.24, 2.45) is 5.92 Å². The van der Waals surface area contributed by atoms with Crippen LogP contribution >= 0.6 is 31.9 Å². The van der Waals surface area contributed by atoms with Crippen LogP contribution in [0.2, 0.25) is 0 Å². The fraction of sp³-hybridized carbons (Fsp3) is 0.455. The van der Waals surface area contributed by atoms with E-state index in [-0.39, 0.29) is 11.2 Å². The van der Waals surface area contributed by atoms with E-state index in [1.807, 2.05) is 6.07 Å². The van der Waals surface area contributed by atoms with Crippen molar-refractivity contribution in [2.75, 3.05) is 5.33 Å². The lowest BCUT2D eigenvalue weighted by atomic mass is 9.95. The molecule has 0 heterocycles. The summed E-state index contributed by atoms with van der Waals surface area (Å²) in [5, 5.41) is 0.954. The molecule has 0 nitrogen and oxygen atoms in total. The van der Waals surface area contributed by atoms with E-state index in [4.69, 9.17) is 0 Å². The fourth-order valence-electron chi connectivity index (χ4n) is 1.94. The zero-order chi connectivity index (χ0) is 10.3. The maximum Gasteiger partial charge on any atom is 0.127 e. The maximum atomic E-state index is 13.6. The lowest BCUT2D eigenvalue weighted by Gasteiger charge is -2.12. The molecule has 1 aliphatic carbocycles. The van der Waals surface area contributed by atoms with E-state index < -0.39 is 0 Å². The predicted molar refractivity (Wildman–Crippen MR) is 63.4 cm³/mol. The Kier molecular flexibility index (Phi) is 2.73. The summed E-state index contributed by atoms with van der Waals surface area (Å²) in [5.74, 6) is 0.491. The van der Waals surface area contributed by atoms with Gasteiger partial charge in [-0.1, -0.05) is 38.8 Å². The van der Waals surface area contributed by atoms with Gasteiger partial charge >= 0.3 is 0 Å². The smallest absolute Gasteiger partial charge is 0.127 e. The Bertz CT molecular complexity index is 364. The van der Waals surface area contributed by atoms with Gasteiger partial charge in [0.2, 0.25) is 0 Å². The van der Waals surface area contributed by atoms with Crippen molar-refractivity contribution in [2.45, 2.75) is 18.8 Å². The quantitative estimate of drug-likeness (QED) is 0.714. The summed E-state index contributed by atoms with van der Waals surface area (Å²) in [4.78, 5) is 0. The molecule has 76 valence electrons. The lowest BCUT2D eigenvalue weighted by Crippen LogP contribution is -2.07. The molecule has 3 heteroatoms. The van der Waals surface area contributed by atoms with Gasteiger partial charge in [0.25, 0.3) is 0 Å². The highest BCUT2D eigenvalue weighted by atomic mass is 79.9. The van der Waals surface area contributed by atoms with Crippen molar-refractivity contribution in [3.63, 3.8) is 0 Å². The lowest BCUT2D eigenvalue weighted by molar-refractivity contribution is 0.573. The van der Waals surface area contributed by atoms with Crippen LogP contribution in [-0.2, 0) is 5.41 Å². The molecule has 14 heavy (non-hydrogen) atoms. The Morgan fingerprint density at radius 2 is 2.29 bits per heavy atom. The van der Waals surface area contributed by atoms with Crippen LogP contribution in [0.25, 0.3) is 0 Å². The molecule has 0 aliphatic heterocycles. The third-order valence-corrected chi connectivity index (χ3v) is 4.42. The molecule has 1 fully saturated rings. The van der Waals surface area contributed by atoms with Crippen LogP contribution < -0.4 is 0 Å². The normalized spacial score (nSPS) is 30.4. The summed E-state index contributed by atoms with van der Waals surface area (Å²) in [6.07, 6.45) is 1.08. The van der Waals surface area contributed by atoms with E-state index >= 15 is 0 Å². The molecule has 1 saturated carbocycles. The number of hydrogen-bond acceptors (Lipinski definition) is 0. The zero-order valence-electron chi connectivity index (χ0n) is 7.86. The van der Waals surface area contributed by atoms with Gasteiger partial charge in [-0.2, -0.15) is 0 Å². The van der Waals surface area contributed by atoms with E-state index in [0.717, 1.165) is 21.8 Å². The van der Waals surface area contributed by atoms with Crippen LogP contribution in [-0.4, -0.2) is 5.33 Å². The van der Waals surface area contributed by atoms with Crippen LogP contribution in [0.4, 0.5) is 4.39 Å². The molecule has 0 bridgehead atoms. The molecule has 1 aliphatic rings. The third-order valence-electron chi connectivity index (χ3n) is 3.14. The minimum absolute atomic E-state index is 0.0391. The predicted octanol–water partition coefficient (Wildman–Crippen LogP) is 4.26. The fourth-order valence-corrected chi connectivity index (χ4v) is 3.25. The molecule has 0 amide bonds. The number of hydrogen-bond donors (Lipinski definition) is 0. The van der Waals surface area contributed by atoms with Crippen molar-refractivity contribution >= 4 is 31.9 Å². The summed E-state index contributed by atoms with van der Waals surface area (Å²) in [5.41, 5.74) is 0.883. The second-order valence-electron chi connectivity index (χ2n) is 4.10. The van der Waals surface area contributed by atoms with Crippen LogP contribution in [0, 0.1) is 11.7 Å². The Balaban J connectivity index is 2.38. The van der Waals surface area contributed by atoms with Crippen molar-refractivity contribution in [3.8, 4) is 0 Å². The van der Waals surface area contributed by atoms with Crippen molar-refractivity contribution in [1.29, 1.82) is 0 Å². The van der Waals surface area contributed by atoms with Gasteiger partial charge in [0.1, 0.15) is 5.82 Å². The van der Waals surface area contributed by atoms with Gasteiger partial charge in [0, 0.05) is 9.80 Å². The van der Waals surface area contributed by atoms with Gasteiger partial charge in [-0.15, -0.1) is 0 Å². The molecule has 2 atom stereocenters. The maximum absolute atomic E-state index is 13.6. The van der Waals surface area contributed by atoms with E-state index in [1.165, 1.54) is 6.07 Å². The Hall–Kier alpha value is 0.110. The van der Waals surface area contributed by atoms with Gasteiger partial charge in [0.15, 0.2) is 0 Å². The van der Waals surface area contributed by atoms with Crippen LogP contribution in [0.5, 0.6) is 0 Å². The highest BCUT2D eigenvalue weighted by molar-refractivity contribution is 9.10. The summed E-state index contributed by atoms with van der Waals surface area (Å²) in [6, 6.07) is 5.18.